The van der Waals surface area contributed by atoms with E-state index in [1.165, 1.54) is 57.8 Å². The number of aliphatic hydroxyl groups is 1. The third-order valence-corrected chi connectivity index (χ3v) is 10.3. The molecule has 0 spiro atoms. The summed E-state index contributed by atoms with van der Waals surface area (Å²) < 4.78 is 0. The first-order valence-electron chi connectivity index (χ1n) is 12.6. The second-order valence-corrected chi connectivity index (χ2v) is 12.2. The molecule has 0 heterocycles. The summed E-state index contributed by atoms with van der Waals surface area (Å²) in [7, 11) is 0. The average molecular weight is 387 g/mol. The highest BCUT2D eigenvalue weighted by Crippen LogP contribution is 2.66. The Bertz CT molecular complexity index is 591. The number of hydrogen-bond donors (Lipinski definition) is 1. The van der Waals surface area contributed by atoms with Crippen molar-refractivity contribution in [3.05, 3.63) is 11.6 Å². The van der Waals surface area contributed by atoms with Crippen LogP contribution in [0.5, 0.6) is 0 Å². The summed E-state index contributed by atoms with van der Waals surface area (Å²) in [5, 5.41) is 10.2. The second kappa shape index (κ2) is 7.75. The Hall–Kier alpha value is -0.300. The van der Waals surface area contributed by atoms with Gasteiger partial charge in [-0.15, -0.1) is 0 Å². The monoisotopic (exact) mass is 386 g/mol. The van der Waals surface area contributed by atoms with Crippen molar-refractivity contribution in [2.24, 2.45) is 46.3 Å². The first-order chi connectivity index (χ1) is 13.3. The Morgan fingerprint density at radius 3 is 2.43 bits per heavy atom. The summed E-state index contributed by atoms with van der Waals surface area (Å²) in [4.78, 5) is 0. The van der Waals surface area contributed by atoms with Crippen LogP contribution in [0.3, 0.4) is 0 Å². The zero-order chi connectivity index (χ0) is 20.1. The predicted octanol–water partition coefficient (Wildman–Crippen LogP) is 7.39. The van der Waals surface area contributed by atoms with Crippen molar-refractivity contribution in [2.45, 2.75) is 111 Å². The molecule has 0 amide bonds. The SMILES string of the molecule is CC(C)CCC[C@@H](C)[C@H]1CC[C@H]2C3=CCC4C[C@@H](O)CC[C@]4(C)[C@H]3CC[C@]12C. The minimum Gasteiger partial charge on any atom is -0.393 e. The van der Waals surface area contributed by atoms with Gasteiger partial charge >= 0.3 is 0 Å². The van der Waals surface area contributed by atoms with Crippen LogP contribution in [0.25, 0.3) is 0 Å². The molecule has 3 saturated carbocycles. The van der Waals surface area contributed by atoms with Gasteiger partial charge in [0.15, 0.2) is 0 Å². The van der Waals surface area contributed by atoms with Crippen LogP contribution >= 0.6 is 0 Å². The number of rotatable bonds is 5. The highest BCUT2D eigenvalue weighted by molar-refractivity contribution is 5.27. The van der Waals surface area contributed by atoms with E-state index in [2.05, 4.69) is 40.7 Å². The zero-order valence-electron chi connectivity index (χ0n) is 19.3. The molecule has 28 heavy (non-hydrogen) atoms. The first kappa shape index (κ1) is 21.0. The molecule has 1 heteroatoms. The largest absolute Gasteiger partial charge is 0.393 e. The molecule has 0 aromatic heterocycles. The van der Waals surface area contributed by atoms with E-state index in [0.29, 0.717) is 10.8 Å². The lowest BCUT2D eigenvalue weighted by Crippen LogP contribution is -2.49. The molecular weight excluding hydrogens is 340 g/mol. The number of allylic oxidation sites excluding steroid dienone is 2. The Kier molecular flexibility index (Phi) is 5.80. The highest BCUT2D eigenvalue weighted by Gasteiger charge is 2.58. The molecule has 0 saturated heterocycles. The van der Waals surface area contributed by atoms with Gasteiger partial charge in [-0.1, -0.05) is 65.5 Å². The van der Waals surface area contributed by atoms with Gasteiger partial charge in [-0.25, -0.2) is 0 Å². The lowest BCUT2D eigenvalue weighted by Gasteiger charge is -2.57. The molecule has 0 radical (unpaired) electrons. The van der Waals surface area contributed by atoms with Crippen molar-refractivity contribution in [3.63, 3.8) is 0 Å². The standard InChI is InChI=1S/C27H46O/c1-18(2)7-6-8-19(3)23-11-12-24-22-10-9-20-17-21(28)13-15-26(20,4)25(22)14-16-27(23,24)5/h10,18-21,23-25,28H,6-9,11-17H2,1-5H3/t19-,20?,21+,23-,24+,25+,26+,27-/m1/s1. The van der Waals surface area contributed by atoms with Crippen molar-refractivity contribution < 1.29 is 5.11 Å². The summed E-state index contributed by atoms with van der Waals surface area (Å²) in [5.41, 5.74) is 2.89. The highest BCUT2D eigenvalue weighted by atomic mass is 16.3. The van der Waals surface area contributed by atoms with Gasteiger partial charge in [0.2, 0.25) is 0 Å². The van der Waals surface area contributed by atoms with E-state index in [-0.39, 0.29) is 6.10 Å². The average Bonchev–Trinajstić information content (AvgIpc) is 2.99. The molecule has 1 nitrogen and oxygen atoms in total. The van der Waals surface area contributed by atoms with Crippen LogP contribution in [0, 0.1) is 46.3 Å². The van der Waals surface area contributed by atoms with Crippen molar-refractivity contribution in [3.8, 4) is 0 Å². The van der Waals surface area contributed by atoms with E-state index < -0.39 is 0 Å². The third kappa shape index (κ3) is 3.42. The van der Waals surface area contributed by atoms with Gasteiger partial charge in [-0.05, 0) is 97.7 Å². The molecule has 1 unspecified atom stereocenters. The van der Waals surface area contributed by atoms with Gasteiger partial charge < -0.3 is 5.11 Å². The maximum absolute atomic E-state index is 10.2. The van der Waals surface area contributed by atoms with Crippen LogP contribution in [0.15, 0.2) is 11.6 Å². The molecule has 0 aromatic carbocycles. The van der Waals surface area contributed by atoms with E-state index in [9.17, 15) is 5.11 Å². The van der Waals surface area contributed by atoms with Gasteiger partial charge in [-0.3, -0.25) is 0 Å². The van der Waals surface area contributed by atoms with Crippen molar-refractivity contribution >= 4 is 0 Å². The zero-order valence-corrected chi connectivity index (χ0v) is 19.3. The fourth-order valence-corrected chi connectivity index (χ4v) is 8.51. The Morgan fingerprint density at radius 2 is 1.68 bits per heavy atom. The van der Waals surface area contributed by atoms with Crippen LogP contribution in [0.1, 0.15) is 105 Å². The van der Waals surface area contributed by atoms with Gasteiger partial charge in [-0.2, -0.15) is 0 Å². The third-order valence-electron chi connectivity index (χ3n) is 10.3. The maximum atomic E-state index is 10.2. The lowest BCUT2D eigenvalue weighted by atomic mass is 9.47. The van der Waals surface area contributed by atoms with E-state index in [0.717, 1.165) is 48.3 Å². The van der Waals surface area contributed by atoms with Crippen LogP contribution < -0.4 is 0 Å². The minimum absolute atomic E-state index is 0.0376. The van der Waals surface area contributed by atoms with Gasteiger partial charge in [0.05, 0.1) is 6.10 Å². The fraction of sp³-hybridized carbons (Fsp3) is 0.926. The Balaban J connectivity index is 1.50. The Labute approximate surface area is 174 Å². The molecule has 1 N–H and O–H groups in total. The van der Waals surface area contributed by atoms with Gasteiger partial charge in [0.1, 0.15) is 0 Å². The molecule has 0 aromatic rings. The molecule has 4 aliphatic carbocycles. The molecule has 0 bridgehead atoms. The molecule has 3 fully saturated rings. The normalized spacial score (nSPS) is 46.5. The molecular formula is C27H46O. The van der Waals surface area contributed by atoms with Crippen LogP contribution in [-0.4, -0.2) is 11.2 Å². The molecule has 4 rings (SSSR count). The lowest BCUT2D eigenvalue weighted by molar-refractivity contribution is -0.0427. The number of hydrogen-bond acceptors (Lipinski definition) is 1. The minimum atomic E-state index is -0.0376. The van der Waals surface area contributed by atoms with E-state index in [1.807, 2.05) is 5.57 Å². The fourth-order valence-electron chi connectivity index (χ4n) is 8.51. The Morgan fingerprint density at radius 1 is 0.964 bits per heavy atom. The van der Waals surface area contributed by atoms with E-state index >= 15 is 0 Å². The summed E-state index contributed by atoms with van der Waals surface area (Å²) >= 11 is 0. The van der Waals surface area contributed by atoms with Gasteiger partial charge in [0.25, 0.3) is 0 Å². The van der Waals surface area contributed by atoms with Crippen LogP contribution in [0.4, 0.5) is 0 Å². The first-order valence-corrected chi connectivity index (χ1v) is 12.6. The second-order valence-electron chi connectivity index (χ2n) is 12.2. The molecule has 8 atom stereocenters. The number of fused-ring (bicyclic) bond motifs is 5. The van der Waals surface area contributed by atoms with Crippen LogP contribution in [0.2, 0.25) is 0 Å². The number of aliphatic hydroxyl groups excluding tert-OH is 1. The van der Waals surface area contributed by atoms with Crippen LogP contribution in [-0.2, 0) is 0 Å². The van der Waals surface area contributed by atoms with Gasteiger partial charge in [0, 0.05) is 0 Å². The van der Waals surface area contributed by atoms with Crippen molar-refractivity contribution in [1.29, 1.82) is 0 Å². The topological polar surface area (TPSA) is 20.2 Å². The molecule has 4 aliphatic rings. The summed E-state index contributed by atoms with van der Waals surface area (Å²) in [5.74, 6) is 5.07. The van der Waals surface area contributed by atoms with Crippen molar-refractivity contribution in [1.82, 2.24) is 0 Å². The summed E-state index contributed by atoms with van der Waals surface area (Å²) in [6, 6.07) is 0. The predicted molar refractivity (Wildman–Crippen MR) is 119 cm³/mol. The quantitative estimate of drug-likeness (QED) is 0.488. The van der Waals surface area contributed by atoms with E-state index in [1.54, 1.807) is 0 Å². The van der Waals surface area contributed by atoms with Crippen molar-refractivity contribution in [2.75, 3.05) is 0 Å². The maximum Gasteiger partial charge on any atom is 0.0543 e. The summed E-state index contributed by atoms with van der Waals surface area (Å²) in [6.07, 6.45) is 17.2. The molecule has 160 valence electrons. The molecule has 0 aliphatic heterocycles. The summed E-state index contributed by atoms with van der Waals surface area (Å²) in [6.45, 7) is 12.6. The smallest absolute Gasteiger partial charge is 0.0543 e. The van der Waals surface area contributed by atoms with E-state index in [4.69, 9.17) is 0 Å².